The van der Waals surface area contributed by atoms with Crippen LogP contribution in [0.15, 0.2) is 9.98 Å². The Kier molecular flexibility index (Phi) is 5.22. The van der Waals surface area contributed by atoms with Gasteiger partial charge in [0.1, 0.15) is 0 Å². The summed E-state index contributed by atoms with van der Waals surface area (Å²) in [5.74, 6) is -0.0372. The monoisotopic (exact) mass is 256 g/mol. The van der Waals surface area contributed by atoms with Crippen LogP contribution in [0.4, 0.5) is 4.79 Å². The maximum atomic E-state index is 11.5. The highest BCUT2D eigenvalue weighted by atomic mass is 16.6. The minimum Gasteiger partial charge on any atom is -0.450 e. The van der Waals surface area contributed by atoms with Crippen molar-refractivity contribution in [2.45, 2.75) is 25.8 Å². The molecule has 0 atom stereocenters. The third kappa shape index (κ3) is 4.48. The van der Waals surface area contributed by atoms with Crippen LogP contribution < -0.4 is 17.2 Å². The molecule has 0 aromatic carbocycles. The van der Waals surface area contributed by atoms with Crippen molar-refractivity contribution >= 4 is 18.0 Å². The molecule has 6 N–H and O–H groups in total. The van der Waals surface area contributed by atoms with Gasteiger partial charge in [0.15, 0.2) is 5.96 Å². The lowest BCUT2D eigenvalue weighted by atomic mass is 10.1. The maximum absolute atomic E-state index is 11.5. The lowest BCUT2D eigenvalue weighted by Crippen LogP contribution is -2.40. The molecule has 8 nitrogen and oxygen atoms in total. The molecule has 0 unspecified atom stereocenters. The van der Waals surface area contributed by atoms with Crippen molar-refractivity contribution in [2.24, 2.45) is 27.2 Å². The van der Waals surface area contributed by atoms with E-state index in [9.17, 15) is 4.79 Å². The van der Waals surface area contributed by atoms with Gasteiger partial charge < -0.3 is 26.8 Å². The first-order chi connectivity index (χ1) is 8.52. The smallest absolute Gasteiger partial charge is 0.409 e. The molecule has 1 fully saturated rings. The topological polar surface area (TPSA) is 132 Å². The SMILES string of the molecule is CCOC(=O)N1CCC(N=C(N)N=C(N)N)CC1. The van der Waals surface area contributed by atoms with Gasteiger partial charge in [0.25, 0.3) is 0 Å². The number of piperidine rings is 1. The van der Waals surface area contributed by atoms with E-state index in [0.29, 0.717) is 19.7 Å². The van der Waals surface area contributed by atoms with Gasteiger partial charge in [0.2, 0.25) is 5.96 Å². The van der Waals surface area contributed by atoms with Gasteiger partial charge in [-0.2, -0.15) is 4.99 Å². The Hall–Kier alpha value is -1.99. The van der Waals surface area contributed by atoms with Gasteiger partial charge in [-0.1, -0.05) is 0 Å². The summed E-state index contributed by atoms with van der Waals surface area (Å²) in [6.07, 6.45) is 1.16. The molecule has 1 aliphatic heterocycles. The molecule has 1 saturated heterocycles. The summed E-state index contributed by atoms with van der Waals surface area (Å²) in [4.78, 5) is 21.0. The van der Waals surface area contributed by atoms with Crippen LogP contribution in [0.1, 0.15) is 19.8 Å². The number of rotatable bonds is 2. The van der Waals surface area contributed by atoms with E-state index in [-0.39, 0.29) is 24.1 Å². The predicted octanol–water partition coefficient (Wildman–Crippen LogP) is -0.805. The number of likely N-dealkylation sites (tertiary alicyclic amines) is 1. The van der Waals surface area contributed by atoms with E-state index >= 15 is 0 Å². The molecule has 0 spiro atoms. The second-order valence-electron chi connectivity index (χ2n) is 3.94. The highest BCUT2D eigenvalue weighted by molar-refractivity contribution is 5.92. The Labute approximate surface area is 106 Å². The number of ether oxygens (including phenoxy) is 1. The number of amides is 1. The summed E-state index contributed by atoms with van der Waals surface area (Å²) in [6.45, 7) is 3.36. The van der Waals surface area contributed by atoms with Gasteiger partial charge in [0, 0.05) is 13.1 Å². The first-order valence-corrected chi connectivity index (χ1v) is 5.87. The van der Waals surface area contributed by atoms with Crippen molar-refractivity contribution in [3.63, 3.8) is 0 Å². The first kappa shape index (κ1) is 14.1. The minimum atomic E-state index is -0.280. The maximum Gasteiger partial charge on any atom is 0.409 e. The zero-order valence-electron chi connectivity index (χ0n) is 10.5. The van der Waals surface area contributed by atoms with Crippen LogP contribution in [0.2, 0.25) is 0 Å². The van der Waals surface area contributed by atoms with E-state index in [0.717, 1.165) is 12.8 Å². The molecule has 18 heavy (non-hydrogen) atoms. The normalized spacial score (nSPS) is 17.4. The van der Waals surface area contributed by atoms with Crippen molar-refractivity contribution in [3.05, 3.63) is 0 Å². The van der Waals surface area contributed by atoms with E-state index in [2.05, 4.69) is 9.98 Å². The molecule has 0 aromatic rings. The van der Waals surface area contributed by atoms with E-state index in [1.807, 2.05) is 0 Å². The quantitative estimate of drug-likeness (QED) is 0.439. The number of hydrogen-bond donors (Lipinski definition) is 3. The van der Waals surface area contributed by atoms with Crippen LogP contribution in [0.25, 0.3) is 0 Å². The Morgan fingerprint density at radius 2 is 1.94 bits per heavy atom. The van der Waals surface area contributed by atoms with Crippen LogP contribution in [0.5, 0.6) is 0 Å². The van der Waals surface area contributed by atoms with Gasteiger partial charge in [-0.05, 0) is 19.8 Å². The van der Waals surface area contributed by atoms with Gasteiger partial charge in [-0.25, -0.2) is 9.79 Å². The van der Waals surface area contributed by atoms with Gasteiger partial charge >= 0.3 is 6.09 Å². The van der Waals surface area contributed by atoms with Gasteiger partial charge in [-0.3, -0.25) is 0 Å². The second-order valence-corrected chi connectivity index (χ2v) is 3.94. The standard InChI is InChI=1S/C10H20N6O2/c1-2-18-10(17)16-5-3-7(4-6-16)14-9(13)15-8(11)12/h7H,2-6H2,1H3,(H6,11,12,13,14,15). The summed E-state index contributed by atoms with van der Waals surface area (Å²) in [5, 5.41) is 0. The van der Waals surface area contributed by atoms with Crippen LogP contribution >= 0.6 is 0 Å². The molecule has 0 bridgehead atoms. The van der Waals surface area contributed by atoms with Gasteiger partial charge in [-0.15, -0.1) is 0 Å². The zero-order valence-corrected chi connectivity index (χ0v) is 10.5. The molecule has 1 heterocycles. The number of nitrogens with two attached hydrogens (primary N) is 3. The largest absolute Gasteiger partial charge is 0.450 e. The Morgan fingerprint density at radius 1 is 1.33 bits per heavy atom. The highest BCUT2D eigenvalue weighted by Gasteiger charge is 2.23. The number of nitrogens with zero attached hydrogens (tertiary/aromatic N) is 3. The van der Waals surface area contributed by atoms with Gasteiger partial charge in [0.05, 0.1) is 12.6 Å². The van der Waals surface area contributed by atoms with Crippen LogP contribution in [-0.4, -0.2) is 48.7 Å². The van der Waals surface area contributed by atoms with Crippen molar-refractivity contribution in [1.29, 1.82) is 0 Å². The molecule has 1 rings (SSSR count). The summed E-state index contributed by atoms with van der Waals surface area (Å²) < 4.78 is 4.92. The third-order valence-corrected chi connectivity index (χ3v) is 2.55. The Balaban J connectivity index is 2.44. The molecule has 0 aliphatic carbocycles. The molecule has 0 saturated carbocycles. The minimum absolute atomic E-state index is 0.0405. The van der Waals surface area contributed by atoms with E-state index in [1.54, 1.807) is 11.8 Å². The van der Waals surface area contributed by atoms with Crippen molar-refractivity contribution in [1.82, 2.24) is 4.90 Å². The first-order valence-electron chi connectivity index (χ1n) is 5.87. The summed E-state index contributed by atoms with van der Waals surface area (Å²) in [6, 6.07) is 0.0405. The Bertz CT molecular complexity index is 342. The lowest BCUT2D eigenvalue weighted by molar-refractivity contribution is 0.0975. The molecule has 102 valence electrons. The van der Waals surface area contributed by atoms with E-state index in [1.165, 1.54) is 0 Å². The van der Waals surface area contributed by atoms with Crippen molar-refractivity contribution in [2.75, 3.05) is 19.7 Å². The second kappa shape index (κ2) is 6.67. The molecule has 8 heteroatoms. The molecule has 0 aromatic heterocycles. The summed E-state index contributed by atoms with van der Waals surface area (Å²) in [7, 11) is 0. The van der Waals surface area contributed by atoms with Crippen LogP contribution in [0, 0.1) is 0 Å². The number of carbonyl (C=O) groups is 1. The zero-order chi connectivity index (χ0) is 13.5. The number of hydrogen-bond acceptors (Lipinski definition) is 3. The van der Waals surface area contributed by atoms with Crippen LogP contribution in [-0.2, 0) is 4.74 Å². The number of aliphatic imine (C=N–C) groups is 2. The molecular weight excluding hydrogens is 236 g/mol. The van der Waals surface area contributed by atoms with Crippen LogP contribution in [0.3, 0.4) is 0 Å². The van der Waals surface area contributed by atoms with E-state index < -0.39 is 0 Å². The summed E-state index contributed by atoms with van der Waals surface area (Å²) in [5.41, 5.74) is 15.9. The fourth-order valence-corrected chi connectivity index (χ4v) is 1.74. The molecule has 1 amide bonds. The number of carbonyl (C=O) groups excluding carboxylic acids is 1. The number of guanidine groups is 2. The average Bonchev–Trinajstić information content (AvgIpc) is 2.29. The summed E-state index contributed by atoms with van der Waals surface area (Å²) >= 11 is 0. The van der Waals surface area contributed by atoms with Crippen molar-refractivity contribution < 1.29 is 9.53 Å². The average molecular weight is 256 g/mol. The third-order valence-electron chi connectivity index (χ3n) is 2.55. The Morgan fingerprint density at radius 3 is 2.44 bits per heavy atom. The predicted molar refractivity (Wildman–Crippen MR) is 69.0 cm³/mol. The fourth-order valence-electron chi connectivity index (χ4n) is 1.74. The fraction of sp³-hybridized carbons (Fsp3) is 0.700. The van der Waals surface area contributed by atoms with Crippen molar-refractivity contribution in [3.8, 4) is 0 Å². The molecular formula is C10H20N6O2. The molecule has 0 radical (unpaired) electrons. The highest BCUT2D eigenvalue weighted by Crippen LogP contribution is 2.14. The molecule has 1 aliphatic rings. The van der Waals surface area contributed by atoms with E-state index in [4.69, 9.17) is 21.9 Å². The lowest BCUT2D eigenvalue weighted by Gasteiger charge is -2.29.